The van der Waals surface area contributed by atoms with Gasteiger partial charge in [0, 0.05) is 23.9 Å². The van der Waals surface area contributed by atoms with Gasteiger partial charge in [0.1, 0.15) is 22.7 Å². The molecule has 4 heterocycles. The zero-order chi connectivity index (χ0) is 23.3. The van der Waals surface area contributed by atoms with Crippen LogP contribution in [0, 0.1) is 0 Å². The molecule has 0 atom stereocenters. The highest BCUT2D eigenvalue weighted by atomic mass is 19.3. The van der Waals surface area contributed by atoms with E-state index in [9.17, 15) is 13.6 Å². The van der Waals surface area contributed by atoms with E-state index < -0.39 is 12.2 Å². The SMILES string of the molecule is O=C1O[C@]2(CC[C@H](c3nc4nc(-c5ccccc5OC(F)F)ncc4[nH]3)CC2)c2cnccc21. The Labute approximate surface area is 192 Å². The van der Waals surface area contributed by atoms with Crippen LogP contribution in [0.25, 0.3) is 22.6 Å². The zero-order valence-electron chi connectivity index (χ0n) is 17.9. The third kappa shape index (κ3) is 3.37. The van der Waals surface area contributed by atoms with Crippen molar-refractivity contribution in [1.82, 2.24) is 24.9 Å². The largest absolute Gasteiger partial charge is 0.450 e. The first-order valence-electron chi connectivity index (χ1n) is 11.0. The van der Waals surface area contributed by atoms with Crippen LogP contribution in [0.1, 0.15) is 53.3 Å². The molecule has 4 aromatic rings. The van der Waals surface area contributed by atoms with Gasteiger partial charge in [-0.2, -0.15) is 8.78 Å². The summed E-state index contributed by atoms with van der Waals surface area (Å²) >= 11 is 0. The first-order chi connectivity index (χ1) is 16.5. The molecule has 1 spiro atoms. The molecule has 3 aromatic heterocycles. The van der Waals surface area contributed by atoms with E-state index in [1.165, 1.54) is 6.07 Å². The molecule has 1 aromatic carbocycles. The number of aromatic nitrogens is 5. The maximum Gasteiger partial charge on any atom is 0.387 e. The van der Waals surface area contributed by atoms with E-state index in [0.29, 0.717) is 35.1 Å². The van der Waals surface area contributed by atoms with Crippen LogP contribution in [0.5, 0.6) is 5.75 Å². The van der Waals surface area contributed by atoms with E-state index in [1.54, 1.807) is 42.9 Å². The first kappa shape index (κ1) is 20.6. The van der Waals surface area contributed by atoms with Gasteiger partial charge in [0.15, 0.2) is 11.5 Å². The second-order valence-electron chi connectivity index (χ2n) is 8.51. The number of nitrogens with one attached hydrogen (secondary N) is 1. The summed E-state index contributed by atoms with van der Waals surface area (Å²) < 4.78 is 36.0. The van der Waals surface area contributed by atoms with Crippen molar-refractivity contribution in [2.45, 2.75) is 43.8 Å². The molecule has 2 aliphatic rings. The Morgan fingerprint density at radius 3 is 2.74 bits per heavy atom. The van der Waals surface area contributed by atoms with Crippen LogP contribution in [0.15, 0.2) is 48.9 Å². The number of fused-ring (bicyclic) bond motifs is 3. The summed E-state index contributed by atoms with van der Waals surface area (Å²) in [5.74, 6) is 0.886. The van der Waals surface area contributed by atoms with Gasteiger partial charge in [-0.15, -0.1) is 0 Å². The van der Waals surface area contributed by atoms with Crippen LogP contribution in [0.2, 0.25) is 0 Å². The molecule has 0 bridgehead atoms. The summed E-state index contributed by atoms with van der Waals surface area (Å²) in [5, 5.41) is 0. The van der Waals surface area contributed by atoms with Gasteiger partial charge in [-0.25, -0.2) is 19.7 Å². The number of H-pyrrole nitrogens is 1. The minimum atomic E-state index is -2.95. The van der Waals surface area contributed by atoms with Crippen molar-refractivity contribution in [2.75, 3.05) is 0 Å². The highest BCUT2D eigenvalue weighted by molar-refractivity contribution is 5.94. The standard InChI is InChI=1S/C24H19F2N5O3/c25-23(26)33-18-4-2-1-3-15(18)20-28-12-17-21(31-20)30-19(29-17)13-5-8-24(9-6-13)16-11-27-10-7-14(16)22(32)34-24/h1-4,7,10-13,23H,5-6,8-9H2,(H,28,29,30,31)/t13-,24-. The van der Waals surface area contributed by atoms with Crippen molar-refractivity contribution in [3.8, 4) is 17.1 Å². The monoisotopic (exact) mass is 463 g/mol. The number of rotatable bonds is 4. The predicted molar refractivity (Wildman–Crippen MR) is 116 cm³/mol. The van der Waals surface area contributed by atoms with Gasteiger partial charge >= 0.3 is 12.6 Å². The van der Waals surface area contributed by atoms with E-state index in [-0.39, 0.29) is 23.5 Å². The quantitative estimate of drug-likeness (QED) is 0.436. The highest BCUT2D eigenvalue weighted by Crippen LogP contribution is 2.49. The summed E-state index contributed by atoms with van der Waals surface area (Å²) in [6.45, 7) is -2.95. The Balaban J connectivity index is 1.25. The molecule has 8 nitrogen and oxygen atoms in total. The molecule has 172 valence electrons. The van der Waals surface area contributed by atoms with Crippen molar-refractivity contribution in [3.05, 3.63) is 65.9 Å². The van der Waals surface area contributed by atoms with Gasteiger partial charge in [-0.3, -0.25) is 4.98 Å². The van der Waals surface area contributed by atoms with Crippen LogP contribution in [-0.2, 0) is 10.3 Å². The van der Waals surface area contributed by atoms with E-state index in [4.69, 9.17) is 4.74 Å². The second-order valence-corrected chi connectivity index (χ2v) is 8.51. The predicted octanol–water partition coefficient (Wildman–Crippen LogP) is 4.74. The number of pyridine rings is 1. The molecule has 6 rings (SSSR count). The minimum Gasteiger partial charge on any atom is -0.450 e. The van der Waals surface area contributed by atoms with Gasteiger partial charge in [-0.05, 0) is 43.9 Å². The fourth-order valence-electron chi connectivity index (χ4n) is 4.95. The van der Waals surface area contributed by atoms with E-state index in [2.05, 4.69) is 29.7 Å². The van der Waals surface area contributed by atoms with Crippen LogP contribution in [-0.4, -0.2) is 37.5 Å². The topological polar surface area (TPSA) is 103 Å². The van der Waals surface area contributed by atoms with Crippen molar-refractivity contribution >= 4 is 17.1 Å². The van der Waals surface area contributed by atoms with Crippen molar-refractivity contribution in [3.63, 3.8) is 0 Å². The number of carbonyl (C=O) groups is 1. The number of aromatic amines is 1. The Morgan fingerprint density at radius 2 is 1.91 bits per heavy atom. The smallest absolute Gasteiger partial charge is 0.387 e. The second kappa shape index (κ2) is 7.82. The van der Waals surface area contributed by atoms with Crippen LogP contribution in [0.4, 0.5) is 8.78 Å². The molecule has 0 saturated heterocycles. The number of esters is 1. The fraction of sp³-hybridized carbons (Fsp3) is 0.292. The van der Waals surface area contributed by atoms with Crippen molar-refractivity contribution < 1.29 is 23.0 Å². The first-order valence-corrected chi connectivity index (χ1v) is 11.0. The Morgan fingerprint density at radius 1 is 1.09 bits per heavy atom. The summed E-state index contributed by atoms with van der Waals surface area (Å²) in [7, 11) is 0. The molecule has 1 N–H and O–H groups in total. The van der Waals surface area contributed by atoms with Crippen LogP contribution in [0.3, 0.4) is 0 Å². The highest BCUT2D eigenvalue weighted by Gasteiger charge is 2.48. The van der Waals surface area contributed by atoms with Crippen molar-refractivity contribution in [1.29, 1.82) is 0 Å². The summed E-state index contributed by atoms with van der Waals surface area (Å²) in [6.07, 6.45) is 7.82. The zero-order valence-corrected chi connectivity index (χ0v) is 17.9. The van der Waals surface area contributed by atoms with Crippen molar-refractivity contribution in [2.24, 2.45) is 0 Å². The van der Waals surface area contributed by atoms with Gasteiger partial charge in [0.2, 0.25) is 0 Å². The minimum absolute atomic E-state index is 0.00562. The molecule has 1 aliphatic carbocycles. The average Bonchev–Trinajstić information content (AvgIpc) is 3.39. The number of hydrogen-bond donors (Lipinski definition) is 1. The van der Waals surface area contributed by atoms with Gasteiger partial charge < -0.3 is 14.5 Å². The lowest BCUT2D eigenvalue weighted by molar-refractivity contribution is -0.0495. The molecule has 0 radical (unpaired) electrons. The molecule has 0 amide bonds. The fourth-order valence-corrected chi connectivity index (χ4v) is 4.95. The normalized spacial score (nSPS) is 21.7. The lowest BCUT2D eigenvalue weighted by atomic mass is 9.75. The third-order valence-electron chi connectivity index (χ3n) is 6.60. The number of benzene rings is 1. The number of halogens is 2. The number of hydrogen-bond acceptors (Lipinski definition) is 7. The maximum atomic E-state index is 12.8. The average molecular weight is 463 g/mol. The Kier molecular flexibility index (Phi) is 4.75. The van der Waals surface area contributed by atoms with E-state index in [1.807, 2.05) is 0 Å². The number of para-hydroxylation sites is 1. The summed E-state index contributed by atoms with van der Waals surface area (Å²) in [6, 6.07) is 8.10. The summed E-state index contributed by atoms with van der Waals surface area (Å²) in [5.41, 5.74) is 2.32. The number of alkyl halides is 2. The van der Waals surface area contributed by atoms with Crippen LogP contribution >= 0.6 is 0 Å². The molecular weight excluding hydrogens is 444 g/mol. The molecule has 0 unspecified atom stereocenters. The molecule has 1 fully saturated rings. The molecular formula is C24H19F2N5O3. The molecule has 1 aliphatic heterocycles. The van der Waals surface area contributed by atoms with Crippen LogP contribution < -0.4 is 4.74 Å². The summed E-state index contributed by atoms with van der Waals surface area (Å²) in [4.78, 5) is 33.3. The third-order valence-corrected chi connectivity index (χ3v) is 6.60. The lowest BCUT2D eigenvalue weighted by Crippen LogP contribution is -2.31. The molecule has 10 heteroatoms. The number of ether oxygens (including phenoxy) is 2. The van der Waals surface area contributed by atoms with Gasteiger partial charge in [0.25, 0.3) is 0 Å². The number of imidazole rings is 1. The van der Waals surface area contributed by atoms with Gasteiger partial charge in [-0.1, -0.05) is 12.1 Å². The van der Waals surface area contributed by atoms with E-state index >= 15 is 0 Å². The Hall–Kier alpha value is -3.95. The molecule has 1 saturated carbocycles. The van der Waals surface area contributed by atoms with Gasteiger partial charge in [0.05, 0.1) is 17.3 Å². The Bertz CT molecular complexity index is 1400. The maximum absolute atomic E-state index is 12.8. The number of nitrogens with zero attached hydrogens (tertiary/aromatic N) is 4. The molecule has 34 heavy (non-hydrogen) atoms. The lowest BCUT2D eigenvalue weighted by Gasteiger charge is -2.35. The van der Waals surface area contributed by atoms with E-state index in [0.717, 1.165) is 24.2 Å². The number of carbonyl (C=O) groups excluding carboxylic acids is 1.